The topological polar surface area (TPSA) is 310 Å². The number of hydrogen-bond donors (Lipinski definition) is 9. The second-order valence-corrected chi connectivity index (χ2v) is 14.8. The van der Waals surface area contributed by atoms with Crippen molar-refractivity contribution in [3.63, 3.8) is 0 Å². The fourth-order valence-corrected chi connectivity index (χ4v) is 6.96. The number of carbonyl (C=O) groups is 5. The van der Waals surface area contributed by atoms with Crippen LogP contribution in [0.2, 0.25) is 0 Å². The fourth-order valence-electron chi connectivity index (χ4n) is 6.96. The van der Waals surface area contributed by atoms with Crippen molar-refractivity contribution in [3.8, 4) is 0 Å². The molecule has 6 aromatic rings. The van der Waals surface area contributed by atoms with Crippen molar-refractivity contribution in [1.29, 1.82) is 0 Å². The molecule has 4 aromatic heterocycles. The molecule has 0 bridgehead atoms. The Labute approximate surface area is 368 Å². The van der Waals surface area contributed by atoms with E-state index in [2.05, 4.69) is 83.8 Å². The highest BCUT2D eigenvalue weighted by Gasteiger charge is 2.25. The summed E-state index contributed by atoms with van der Waals surface area (Å²) in [6.07, 6.45) is 7.13. The number of amides is 3. The van der Waals surface area contributed by atoms with E-state index < -0.39 is 35.8 Å². The molecule has 2 atom stereocenters. The summed E-state index contributed by atoms with van der Waals surface area (Å²) in [5.41, 5.74) is 12.4. The van der Waals surface area contributed by atoms with Gasteiger partial charge < -0.3 is 42.2 Å². The summed E-state index contributed by atoms with van der Waals surface area (Å²) in [6, 6.07) is 9.98. The van der Waals surface area contributed by atoms with Crippen LogP contribution < -0.4 is 32.3 Å². The molecule has 2 aromatic carbocycles. The van der Waals surface area contributed by atoms with Gasteiger partial charge in [-0.05, 0) is 76.6 Å². The predicted octanol–water partition coefficient (Wildman–Crippen LogP) is 2.58. The van der Waals surface area contributed by atoms with E-state index in [-0.39, 0.29) is 24.6 Å². The van der Waals surface area contributed by atoms with Crippen molar-refractivity contribution in [3.05, 3.63) is 93.8 Å². The molecule has 3 amide bonds. The number of ether oxygens (including phenoxy) is 1. The molecule has 21 heteroatoms. The number of esters is 1. The van der Waals surface area contributed by atoms with Crippen molar-refractivity contribution in [1.82, 2.24) is 56.3 Å². The molecular weight excluding hydrogens is 825 g/mol. The van der Waals surface area contributed by atoms with Gasteiger partial charge in [-0.1, -0.05) is 24.3 Å². The molecule has 0 saturated carbocycles. The van der Waals surface area contributed by atoms with E-state index in [1.165, 1.54) is 25.2 Å². The number of aryl methyl sites for hydroxylation is 6. The number of nitrogens with two attached hydrogens (primary N) is 1. The van der Waals surface area contributed by atoms with E-state index in [4.69, 9.17) is 5.73 Å². The van der Waals surface area contributed by atoms with Crippen LogP contribution in [0, 0.1) is 27.7 Å². The van der Waals surface area contributed by atoms with E-state index in [9.17, 15) is 29.1 Å². The van der Waals surface area contributed by atoms with Gasteiger partial charge in [0.05, 0.1) is 64.4 Å². The van der Waals surface area contributed by atoms with Gasteiger partial charge in [0.15, 0.2) is 0 Å². The molecule has 0 radical (unpaired) electrons. The smallest absolute Gasteiger partial charge is 0.329 e. The van der Waals surface area contributed by atoms with Crippen molar-refractivity contribution < 1.29 is 33.8 Å². The Morgan fingerprint density at radius 2 is 1.14 bits per heavy atom. The first-order chi connectivity index (χ1) is 30.7. The quantitative estimate of drug-likeness (QED) is 0.0417. The molecular formula is C43H54N14O7. The summed E-state index contributed by atoms with van der Waals surface area (Å²) in [4.78, 5) is 76.9. The van der Waals surface area contributed by atoms with Crippen LogP contribution in [0.4, 0.5) is 11.9 Å². The van der Waals surface area contributed by atoms with Crippen LogP contribution in [0.5, 0.6) is 0 Å². The zero-order valence-electron chi connectivity index (χ0n) is 36.6. The van der Waals surface area contributed by atoms with Gasteiger partial charge in [-0.15, -0.1) is 0 Å². The lowest BCUT2D eigenvalue weighted by atomic mass is 10.1. The third kappa shape index (κ3) is 12.5. The molecule has 10 N–H and O–H groups in total. The molecule has 0 aliphatic rings. The summed E-state index contributed by atoms with van der Waals surface area (Å²) < 4.78 is 4.65. The van der Waals surface area contributed by atoms with Crippen LogP contribution in [-0.4, -0.2) is 120 Å². The van der Waals surface area contributed by atoms with Crippen LogP contribution in [0.3, 0.4) is 0 Å². The average molecular weight is 879 g/mol. The van der Waals surface area contributed by atoms with Crippen molar-refractivity contribution in [2.24, 2.45) is 5.73 Å². The lowest BCUT2D eigenvalue weighted by Gasteiger charge is -2.17. The number of anilines is 2. The first-order valence-corrected chi connectivity index (χ1v) is 20.6. The number of fused-ring (bicyclic) bond motifs is 2. The number of aromatic amines is 2. The molecule has 0 unspecified atom stereocenters. The molecule has 0 spiro atoms. The molecule has 6 rings (SSSR count). The molecule has 64 heavy (non-hydrogen) atoms. The van der Waals surface area contributed by atoms with Gasteiger partial charge in [0.25, 0.3) is 11.8 Å². The first-order valence-electron chi connectivity index (χ1n) is 20.6. The lowest BCUT2D eigenvalue weighted by molar-refractivity contribution is -0.142. The molecule has 21 nitrogen and oxygen atoms in total. The monoisotopic (exact) mass is 878 g/mol. The van der Waals surface area contributed by atoms with E-state index in [1.54, 1.807) is 27.7 Å². The minimum atomic E-state index is -1.27. The molecule has 0 fully saturated rings. The number of aromatic nitrogens is 8. The average Bonchev–Trinajstić information content (AvgIpc) is 3.95. The molecule has 0 aliphatic carbocycles. The van der Waals surface area contributed by atoms with Gasteiger partial charge in [0, 0.05) is 43.9 Å². The number of carboxylic acids is 1. The maximum absolute atomic E-state index is 12.7. The summed E-state index contributed by atoms with van der Waals surface area (Å²) in [6.45, 7) is 9.08. The van der Waals surface area contributed by atoms with E-state index in [0.29, 0.717) is 53.3 Å². The summed E-state index contributed by atoms with van der Waals surface area (Å²) in [5.74, 6) is -2.46. The van der Waals surface area contributed by atoms with Crippen molar-refractivity contribution in [2.45, 2.75) is 72.4 Å². The van der Waals surface area contributed by atoms with Crippen molar-refractivity contribution in [2.75, 3.05) is 43.9 Å². The predicted molar refractivity (Wildman–Crippen MR) is 239 cm³/mol. The van der Waals surface area contributed by atoms with Gasteiger partial charge in [-0.3, -0.25) is 24.6 Å². The second-order valence-electron chi connectivity index (χ2n) is 14.8. The highest BCUT2D eigenvalue weighted by molar-refractivity contribution is 5.99. The van der Waals surface area contributed by atoms with Crippen molar-refractivity contribution >= 4 is 63.4 Å². The highest BCUT2D eigenvalue weighted by atomic mass is 16.5. The Balaban J connectivity index is 0.000000241. The van der Waals surface area contributed by atoms with E-state index in [1.807, 2.05) is 36.7 Å². The zero-order chi connectivity index (χ0) is 46.3. The number of rotatable bonds is 19. The minimum absolute atomic E-state index is 0.0659. The third-order valence-corrected chi connectivity index (χ3v) is 10.1. The number of nitrogens with zero attached hydrogens (tertiary/aromatic N) is 6. The standard InChI is InChI=1S/C22H27N7O4.C21H27N7O3/c1-12-19(20(31)28-18(21(32)33)11-24-14(3)30)13(2)27-22(26-12)23-9-5-7-15-6-4-8-17-16(15)10-25-29-17;1-12-18(19(29)27-17(10-22)20(30)31-3)13(2)26-21(25-12)23-9-5-7-14-6-4-8-16-15(14)11-24-28-16/h4,6,8,10,18H,5,7,9,11H2,1-3H3,(H,24,30)(H,25,29)(H,28,31)(H,32,33)(H,23,26,27);4,6,8,11,17H,5,7,9-10,22H2,1-3H3,(H,24,28)(H,27,29)(H,23,25,26)/t18-;17-/m00/s1. The minimum Gasteiger partial charge on any atom is -0.480 e. The lowest BCUT2D eigenvalue weighted by Crippen LogP contribution is -2.48. The van der Waals surface area contributed by atoms with Gasteiger partial charge in [-0.2, -0.15) is 10.2 Å². The van der Waals surface area contributed by atoms with Gasteiger partial charge in [0.1, 0.15) is 12.1 Å². The number of carboxylic acid groups (broad SMARTS) is 1. The number of benzene rings is 2. The number of nitrogens with one attached hydrogen (secondary N) is 7. The van der Waals surface area contributed by atoms with Gasteiger partial charge in [0.2, 0.25) is 17.8 Å². The molecule has 0 aliphatic heterocycles. The van der Waals surface area contributed by atoms with Gasteiger partial charge >= 0.3 is 11.9 Å². The van der Waals surface area contributed by atoms with E-state index in [0.717, 1.165) is 47.5 Å². The first kappa shape index (κ1) is 47.5. The molecule has 338 valence electrons. The number of aliphatic carboxylic acids is 1. The SMILES string of the molecule is CC(=O)NC[C@H](NC(=O)c1c(C)nc(NCCCc2cccc3[nH]ncc23)nc1C)C(=O)O.COC(=O)[C@H](CN)NC(=O)c1c(C)nc(NCCCc2cccc3[nH]ncc23)nc1C. The van der Waals surface area contributed by atoms with Crippen LogP contribution in [0.1, 0.15) is 74.4 Å². The maximum atomic E-state index is 12.7. The zero-order valence-corrected chi connectivity index (χ0v) is 36.6. The normalized spacial score (nSPS) is 11.8. The van der Waals surface area contributed by atoms with E-state index >= 15 is 0 Å². The number of carbonyl (C=O) groups excluding carboxylic acids is 4. The Kier molecular flexibility index (Phi) is 16.7. The number of methoxy groups -OCH3 is 1. The van der Waals surface area contributed by atoms with Gasteiger partial charge in [-0.25, -0.2) is 29.5 Å². The number of hydrogen-bond acceptors (Lipinski definition) is 15. The second kappa shape index (κ2) is 22.5. The molecule has 4 heterocycles. The summed E-state index contributed by atoms with van der Waals surface area (Å²) in [7, 11) is 1.24. The Morgan fingerprint density at radius 3 is 1.53 bits per heavy atom. The summed E-state index contributed by atoms with van der Waals surface area (Å²) >= 11 is 0. The largest absolute Gasteiger partial charge is 0.480 e. The Morgan fingerprint density at radius 1 is 0.703 bits per heavy atom. The summed E-state index contributed by atoms with van der Waals surface area (Å²) in [5, 5.41) is 39.4. The molecule has 0 saturated heterocycles. The van der Waals surface area contributed by atoms with Crippen LogP contribution >= 0.6 is 0 Å². The van der Waals surface area contributed by atoms with Crippen LogP contribution in [0.15, 0.2) is 48.8 Å². The van der Waals surface area contributed by atoms with Crippen LogP contribution in [-0.2, 0) is 32.0 Å². The Bertz CT molecular complexity index is 2560. The fraction of sp³-hybridized carbons (Fsp3) is 0.372. The number of H-pyrrole nitrogens is 2. The van der Waals surface area contributed by atoms with Crippen LogP contribution in [0.25, 0.3) is 21.8 Å². The highest BCUT2D eigenvalue weighted by Crippen LogP contribution is 2.20. The maximum Gasteiger partial charge on any atom is 0.329 e. The Hall–Kier alpha value is -7.55. The third-order valence-electron chi connectivity index (χ3n) is 10.1.